The topological polar surface area (TPSA) is 116 Å². The molecule has 27 heavy (non-hydrogen) atoms. The maximum Gasteiger partial charge on any atom is 0.337 e. The molecule has 0 spiro atoms. The van der Waals surface area contributed by atoms with Crippen LogP contribution in [0.2, 0.25) is 0 Å². The van der Waals surface area contributed by atoms with E-state index in [1.54, 1.807) is 24.3 Å². The van der Waals surface area contributed by atoms with Crippen molar-refractivity contribution in [3.8, 4) is 5.75 Å². The molecule has 9 heteroatoms. The van der Waals surface area contributed by atoms with Gasteiger partial charge in [-0.3, -0.25) is 4.79 Å². The number of methoxy groups -OCH3 is 1. The van der Waals surface area contributed by atoms with E-state index in [2.05, 4.69) is 25.5 Å². The summed E-state index contributed by atoms with van der Waals surface area (Å²) in [7, 11) is 1.32. The van der Waals surface area contributed by atoms with Crippen LogP contribution in [0.15, 0.2) is 28.8 Å². The molecule has 1 aliphatic rings. The first-order chi connectivity index (χ1) is 13.2. The lowest BCUT2D eigenvalue weighted by atomic mass is 10.2. The van der Waals surface area contributed by atoms with E-state index in [1.807, 2.05) is 0 Å². The van der Waals surface area contributed by atoms with Crippen LogP contribution in [0.25, 0.3) is 0 Å². The number of rotatable bonds is 8. The zero-order valence-electron chi connectivity index (χ0n) is 15.1. The van der Waals surface area contributed by atoms with Gasteiger partial charge in [0.25, 0.3) is 0 Å². The zero-order valence-corrected chi connectivity index (χ0v) is 15.1. The highest BCUT2D eigenvalue weighted by molar-refractivity contribution is 5.89. The summed E-state index contributed by atoms with van der Waals surface area (Å²) in [5.74, 6) is 0.882. The number of nitrogens with one attached hydrogen (secondary N) is 2. The largest absolute Gasteiger partial charge is 0.485 e. The molecule has 0 bridgehead atoms. The second-order valence-corrected chi connectivity index (χ2v) is 6.10. The van der Waals surface area contributed by atoms with Crippen molar-refractivity contribution in [3.05, 3.63) is 41.5 Å². The number of carbonyl (C=O) groups is 2. The number of benzene rings is 1. The predicted molar refractivity (Wildman–Crippen MR) is 94.1 cm³/mol. The molecule has 2 heterocycles. The molecule has 1 aromatic heterocycles. The normalized spacial score (nSPS) is 16.1. The molecule has 0 saturated carbocycles. The Morgan fingerprint density at radius 2 is 2.30 bits per heavy atom. The van der Waals surface area contributed by atoms with Crippen LogP contribution in [0.1, 0.15) is 34.9 Å². The van der Waals surface area contributed by atoms with Crippen molar-refractivity contribution >= 4 is 11.9 Å². The van der Waals surface area contributed by atoms with Crippen molar-refractivity contribution < 1.29 is 23.6 Å². The van der Waals surface area contributed by atoms with Gasteiger partial charge in [0, 0.05) is 13.0 Å². The average Bonchev–Trinajstić information content (AvgIpc) is 3.38. The summed E-state index contributed by atoms with van der Waals surface area (Å²) < 4.78 is 15.4. The van der Waals surface area contributed by atoms with Gasteiger partial charge in [0.15, 0.2) is 6.61 Å². The summed E-state index contributed by atoms with van der Waals surface area (Å²) in [4.78, 5) is 27.7. The summed E-state index contributed by atoms with van der Waals surface area (Å²) in [6, 6.07) is 6.54. The third kappa shape index (κ3) is 5.27. The van der Waals surface area contributed by atoms with Gasteiger partial charge >= 0.3 is 5.97 Å². The van der Waals surface area contributed by atoms with E-state index in [-0.39, 0.29) is 18.6 Å². The Kier molecular flexibility index (Phi) is 6.37. The Morgan fingerprint density at radius 1 is 1.41 bits per heavy atom. The summed E-state index contributed by atoms with van der Waals surface area (Å²) >= 11 is 0. The lowest BCUT2D eigenvalue weighted by Crippen LogP contribution is -2.41. The molecule has 3 rings (SSSR count). The van der Waals surface area contributed by atoms with Crippen LogP contribution in [0.3, 0.4) is 0 Å². The molecule has 1 aliphatic heterocycles. The number of carbonyl (C=O) groups excluding carboxylic acids is 2. The fourth-order valence-electron chi connectivity index (χ4n) is 2.75. The minimum Gasteiger partial charge on any atom is -0.485 e. The quantitative estimate of drug-likeness (QED) is 0.653. The summed E-state index contributed by atoms with van der Waals surface area (Å²) in [6.45, 7) is 1.42. The van der Waals surface area contributed by atoms with Crippen molar-refractivity contribution in [2.75, 3.05) is 20.2 Å². The van der Waals surface area contributed by atoms with Crippen molar-refractivity contribution in [2.24, 2.45) is 0 Å². The van der Waals surface area contributed by atoms with E-state index in [0.29, 0.717) is 36.0 Å². The van der Waals surface area contributed by atoms with Gasteiger partial charge in [-0.05, 0) is 37.6 Å². The molecule has 0 aliphatic carbocycles. The highest BCUT2D eigenvalue weighted by atomic mass is 16.5. The molecular formula is C18H22N4O5. The molecule has 1 amide bonds. The molecule has 1 fully saturated rings. The molecule has 1 unspecified atom stereocenters. The minimum absolute atomic E-state index is 0.000981. The zero-order chi connectivity index (χ0) is 19.1. The number of esters is 1. The van der Waals surface area contributed by atoms with Crippen molar-refractivity contribution in [1.29, 1.82) is 0 Å². The molecule has 144 valence electrons. The van der Waals surface area contributed by atoms with Crippen LogP contribution >= 0.6 is 0 Å². The maximum atomic E-state index is 11.9. The molecular weight excluding hydrogens is 352 g/mol. The van der Waals surface area contributed by atoms with Gasteiger partial charge in [0.05, 0.1) is 18.7 Å². The lowest BCUT2D eigenvalue weighted by Gasteiger charge is -2.09. The fraction of sp³-hybridized carbons (Fsp3) is 0.444. The van der Waals surface area contributed by atoms with Crippen LogP contribution in [-0.2, 0) is 22.6 Å². The lowest BCUT2D eigenvalue weighted by molar-refractivity contribution is -0.122. The van der Waals surface area contributed by atoms with Gasteiger partial charge in [-0.15, -0.1) is 0 Å². The molecule has 1 aromatic carbocycles. The smallest absolute Gasteiger partial charge is 0.337 e. The first kappa shape index (κ1) is 18.8. The molecule has 2 N–H and O–H groups in total. The predicted octanol–water partition coefficient (Wildman–Crippen LogP) is 0.846. The van der Waals surface area contributed by atoms with Gasteiger partial charge in [-0.1, -0.05) is 11.2 Å². The maximum absolute atomic E-state index is 11.9. The van der Waals surface area contributed by atoms with Crippen LogP contribution < -0.4 is 15.4 Å². The van der Waals surface area contributed by atoms with E-state index < -0.39 is 5.97 Å². The number of amides is 1. The van der Waals surface area contributed by atoms with Crippen molar-refractivity contribution in [1.82, 2.24) is 20.8 Å². The Labute approximate surface area is 156 Å². The Morgan fingerprint density at radius 3 is 3.07 bits per heavy atom. The van der Waals surface area contributed by atoms with Gasteiger partial charge in [0.1, 0.15) is 5.75 Å². The standard InChI is InChI=1S/C18H22N4O5/c1-25-18(24)12-4-2-5-13(10-12)26-11-15-21-16(27-22-15)7-9-20-17(23)14-6-3-8-19-14/h2,4-5,10,14,19H,3,6-9,11H2,1H3,(H,20,23). The van der Waals surface area contributed by atoms with Crippen LogP contribution in [0.5, 0.6) is 5.75 Å². The fourth-order valence-corrected chi connectivity index (χ4v) is 2.75. The van der Waals surface area contributed by atoms with Gasteiger partial charge in [-0.25, -0.2) is 4.79 Å². The monoisotopic (exact) mass is 374 g/mol. The highest BCUT2D eigenvalue weighted by Crippen LogP contribution is 2.15. The summed E-state index contributed by atoms with van der Waals surface area (Å²) in [5, 5.41) is 9.86. The third-order valence-corrected chi connectivity index (χ3v) is 4.15. The van der Waals surface area contributed by atoms with Gasteiger partial charge < -0.3 is 24.6 Å². The van der Waals surface area contributed by atoms with Crippen molar-refractivity contribution in [2.45, 2.75) is 31.9 Å². The number of hydrogen-bond acceptors (Lipinski definition) is 8. The van der Waals surface area contributed by atoms with E-state index in [0.717, 1.165) is 19.4 Å². The number of ether oxygens (including phenoxy) is 2. The van der Waals surface area contributed by atoms with E-state index in [4.69, 9.17) is 9.26 Å². The third-order valence-electron chi connectivity index (χ3n) is 4.15. The molecule has 2 aromatic rings. The first-order valence-electron chi connectivity index (χ1n) is 8.79. The summed E-state index contributed by atoms with van der Waals surface area (Å²) in [6.07, 6.45) is 2.34. The SMILES string of the molecule is COC(=O)c1cccc(OCc2noc(CCNC(=O)C3CCCN3)n2)c1. The van der Waals surface area contributed by atoms with Crippen LogP contribution in [-0.4, -0.2) is 48.3 Å². The Bertz CT molecular complexity index is 786. The van der Waals surface area contributed by atoms with E-state index >= 15 is 0 Å². The molecule has 1 saturated heterocycles. The second kappa shape index (κ2) is 9.13. The van der Waals surface area contributed by atoms with Gasteiger partial charge in [0.2, 0.25) is 17.6 Å². The number of hydrogen-bond donors (Lipinski definition) is 2. The Balaban J connectivity index is 1.44. The molecule has 1 atom stereocenters. The Hall–Kier alpha value is -2.94. The molecule has 0 radical (unpaired) electrons. The van der Waals surface area contributed by atoms with E-state index in [1.165, 1.54) is 7.11 Å². The van der Waals surface area contributed by atoms with Gasteiger partial charge in [-0.2, -0.15) is 4.98 Å². The minimum atomic E-state index is -0.433. The molecule has 9 nitrogen and oxygen atoms in total. The van der Waals surface area contributed by atoms with Crippen molar-refractivity contribution in [3.63, 3.8) is 0 Å². The number of nitrogens with zero attached hydrogens (tertiary/aromatic N) is 2. The highest BCUT2D eigenvalue weighted by Gasteiger charge is 2.21. The number of aromatic nitrogens is 2. The average molecular weight is 374 g/mol. The first-order valence-corrected chi connectivity index (χ1v) is 8.79. The second-order valence-electron chi connectivity index (χ2n) is 6.10. The van der Waals surface area contributed by atoms with Crippen LogP contribution in [0.4, 0.5) is 0 Å². The van der Waals surface area contributed by atoms with E-state index in [9.17, 15) is 9.59 Å². The summed E-state index contributed by atoms with van der Waals surface area (Å²) in [5.41, 5.74) is 0.399. The van der Waals surface area contributed by atoms with Crippen LogP contribution in [0, 0.1) is 0 Å².